The fourth-order valence-corrected chi connectivity index (χ4v) is 2.98. The Morgan fingerprint density at radius 3 is 2.42 bits per heavy atom. The van der Waals surface area contributed by atoms with Gasteiger partial charge in [-0.25, -0.2) is 8.78 Å². The van der Waals surface area contributed by atoms with Gasteiger partial charge in [-0.15, -0.1) is 0 Å². The number of hydrogen-bond acceptors (Lipinski definition) is 1. The first-order valence-corrected chi connectivity index (χ1v) is 6.72. The summed E-state index contributed by atoms with van der Waals surface area (Å²) in [6.45, 7) is 0. The standard InChI is InChI=1S/C12H11F5NP/c13-10-6-7-18(17)12(16,11(10,14)15)19-8-9-4-2-1-3-5-9/h1-7,10,19H,8H2. The lowest BCUT2D eigenvalue weighted by Gasteiger charge is -2.40. The van der Waals surface area contributed by atoms with Crippen LogP contribution in [0, 0.1) is 0 Å². The molecule has 0 aromatic heterocycles. The first-order chi connectivity index (χ1) is 8.88. The largest absolute Gasteiger partial charge is 0.339 e. The quantitative estimate of drug-likeness (QED) is 0.350. The van der Waals surface area contributed by atoms with Crippen molar-refractivity contribution in [3.05, 3.63) is 48.2 Å². The summed E-state index contributed by atoms with van der Waals surface area (Å²) < 4.78 is 67.7. The van der Waals surface area contributed by atoms with E-state index >= 15 is 0 Å². The van der Waals surface area contributed by atoms with E-state index in [9.17, 15) is 22.0 Å². The Labute approximate surface area is 108 Å². The molecule has 0 saturated heterocycles. The summed E-state index contributed by atoms with van der Waals surface area (Å²) >= 11 is 0. The Kier molecular flexibility index (Phi) is 3.81. The summed E-state index contributed by atoms with van der Waals surface area (Å²) in [4.78, 5) is 0. The van der Waals surface area contributed by atoms with Crippen LogP contribution in [0.3, 0.4) is 0 Å². The van der Waals surface area contributed by atoms with E-state index in [2.05, 4.69) is 0 Å². The summed E-state index contributed by atoms with van der Waals surface area (Å²) in [7, 11) is -1.13. The van der Waals surface area contributed by atoms with Crippen molar-refractivity contribution in [2.45, 2.75) is 23.8 Å². The van der Waals surface area contributed by atoms with Gasteiger partial charge in [-0.05, 0) is 26.4 Å². The maximum Gasteiger partial charge on any atom is 0.339 e. The van der Waals surface area contributed by atoms with E-state index in [-0.39, 0.29) is 6.16 Å². The van der Waals surface area contributed by atoms with Crippen molar-refractivity contribution in [3.63, 3.8) is 0 Å². The Bertz CT molecular complexity index is 466. The van der Waals surface area contributed by atoms with Gasteiger partial charge in [0, 0.05) is 6.20 Å². The van der Waals surface area contributed by atoms with Crippen LogP contribution in [-0.4, -0.2) is 22.8 Å². The van der Waals surface area contributed by atoms with Crippen LogP contribution in [0.15, 0.2) is 42.6 Å². The molecule has 0 N–H and O–H groups in total. The Morgan fingerprint density at radius 1 is 1.16 bits per heavy atom. The molecule has 7 heteroatoms. The molecule has 0 bridgehead atoms. The van der Waals surface area contributed by atoms with Crippen molar-refractivity contribution in [2.24, 2.45) is 0 Å². The second-order valence-electron chi connectivity index (χ2n) is 4.14. The number of rotatable bonds is 3. The van der Waals surface area contributed by atoms with Gasteiger partial charge in [0.2, 0.25) is 0 Å². The van der Waals surface area contributed by atoms with Gasteiger partial charge in [0.15, 0.2) is 6.17 Å². The van der Waals surface area contributed by atoms with Crippen LogP contribution in [0.2, 0.25) is 0 Å². The van der Waals surface area contributed by atoms with E-state index in [0.29, 0.717) is 17.8 Å². The van der Waals surface area contributed by atoms with Crippen LogP contribution in [0.5, 0.6) is 0 Å². The minimum absolute atomic E-state index is 0.0894. The van der Waals surface area contributed by atoms with E-state index in [1.54, 1.807) is 30.3 Å². The van der Waals surface area contributed by atoms with Crippen LogP contribution in [0.25, 0.3) is 0 Å². The van der Waals surface area contributed by atoms with Gasteiger partial charge >= 0.3 is 5.92 Å². The molecule has 1 aromatic rings. The van der Waals surface area contributed by atoms with Crippen LogP contribution in [-0.2, 0) is 6.16 Å². The third-order valence-electron chi connectivity index (χ3n) is 2.84. The van der Waals surface area contributed by atoms with Crippen molar-refractivity contribution in [3.8, 4) is 0 Å². The van der Waals surface area contributed by atoms with Crippen molar-refractivity contribution < 1.29 is 22.0 Å². The normalized spacial score (nSPS) is 30.2. The third-order valence-corrected chi connectivity index (χ3v) is 4.44. The highest BCUT2D eigenvalue weighted by molar-refractivity contribution is 7.38. The molecule has 3 atom stereocenters. The average Bonchev–Trinajstić information content (AvgIpc) is 2.41. The second-order valence-corrected chi connectivity index (χ2v) is 5.51. The summed E-state index contributed by atoms with van der Waals surface area (Å²) in [5.41, 5.74) is -3.05. The molecular formula is C12H11F5NP. The average molecular weight is 295 g/mol. The highest BCUT2D eigenvalue weighted by atomic mass is 31.1. The maximum atomic E-state index is 14.2. The SMILES string of the molecule is FC1C=CN(F)C(F)(PCc2ccccc2)C1(F)F. The molecule has 0 spiro atoms. The number of benzene rings is 1. The third kappa shape index (κ3) is 2.46. The molecular weight excluding hydrogens is 284 g/mol. The van der Waals surface area contributed by atoms with Gasteiger partial charge in [0.05, 0.1) is 0 Å². The zero-order chi connectivity index (χ0) is 14.1. The number of halogens is 5. The fraction of sp³-hybridized carbons (Fsp3) is 0.333. The number of nitrogens with zero attached hydrogens (tertiary/aromatic N) is 1. The summed E-state index contributed by atoms with van der Waals surface area (Å²) in [6.07, 6.45) is -2.23. The van der Waals surface area contributed by atoms with E-state index < -0.39 is 31.3 Å². The van der Waals surface area contributed by atoms with Gasteiger partial charge in [-0.2, -0.15) is 13.9 Å². The lowest BCUT2D eigenvalue weighted by Crippen LogP contribution is -2.56. The van der Waals surface area contributed by atoms with Crippen molar-refractivity contribution in [1.82, 2.24) is 5.12 Å². The molecule has 1 aromatic carbocycles. The van der Waals surface area contributed by atoms with Crippen molar-refractivity contribution in [2.75, 3.05) is 0 Å². The molecule has 19 heavy (non-hydrogen) atoms. The fourth-order valence-electron chi connectivity index (χ4n) is 1.71. The predicted octanol–water partition coefficient (Wildman–Crippen LogP) is 4.18. The highest BCUT2D eigenvalue weighted by Crippen LogP contribution is 2.54. The second kappa shape index (κ2) is 5.08. The first kappa shape index (κ1) is 14.3. The molecule has 1 aliphatic heterocycles. The summed E-state index contributed by atoms with van der Waals surface area (Å²) in [6, 6.07) is 8.27. The molecule has 1 heterocycles. The lowest BCUT2D eigenvalue weighted by atomic mass is 10.1. The number of hydrogen-bond donors (Lipinski definition) is 0. The topological polar surface area (TPSA) is 3.24 Å². The van der Waals surface area contributed by atoms with Crippen molar-refractivity contribution >= 4 is 8.58 Å². The molecule has 104 valence electrons. The summed E-state index contributed by atoms with van der Waals surface area (Å²) in [5, 5.41) is -0.732. The highest BCUT2D eigenvalue weighted by Gasteiger charge is 2.65. The molecule has 0 amide bonds. The molecule has 0 aliphatic carbocycles. The predicted molar refractivity (Wildman–Crippen MR) is 64.2 cm³/mol. The van der Waals surface area contributed by atoms with Gasteiger partial charge in [-0.1, -0.05) is 34.8 Å². The molecule has 1 nitrogen and oxygen atoms in total. The van der Waals surface area contributed by atoms with Gasteiger partial charge in [0.1, 0.15) is 0 Å². The van der Waals surface area contributed by atoms with E-state index in [1.807, 2.05) is 0 Å². The van der Waals surface area contributed by atoms with Crippen LogP contribution in [0.1, 0.15) is 5.56 Å². The van der Waals surface area contributed by atoms with Gasteiger partial charge in [0.25, 0.3) is 5.53 Å². The van der Waals surface area contributed by atoms with Crippen molar-refractivity contribution in [1.29, 1.82) is 0 Å². The molecule has 0 fully saturated rings. The van der Waals surface area contributed by atoms with Crippen LogP contribution < -0.4 is 0 Å². The van der Waals surface area contributed by atoms with E-state index in [4.69, 9.17) is 0 Å². The Morgan fingerprint density at radius 2 is 1.79 bits per heavy atom. The Balaban J connectivity index is 2.18. The lowest BCUT2D eigenvalue weighted by molar-refractivity contribution is -0.229. The minimum atomic E-state index is -4.41. The van der Waals surface area contributed by atoms with Crippen LogP contribution in [0.4, 0.5) is 22.0 Å². The number of alkyl halides is 4. The molecule has 2 rings (SSSR count). The van der Waals surface area contributed by atoms with Gasteiger partial charge in [-0.3, -0.25) is 0 Å². The van der Waals surface area contributed by atoms with E-state index in [0.717, 1.165) is 0 Å². The molecule has 3 unspecified atom stereocenters. The number of allylic oxidation sites excluding steroid dienone is 1. The van der Waals surface area contributed by atoms with Crippen LogP contribution >= 0.6 is 8.58 Å². The molecule has 0 radical (unpaired) electrons. The molecule has 1 aliphatic rings. The minimum Gasteiger partial charge on any atom is -0.236 e. The monoisotopic (exact) mass is 295 g/mol. The Hall–Kier alpha value is -1.16. The summed E-state index contributed by atoms with van der Waals surface area (Å²) in [5.74, 6) is -4.41. The van der Waals surface area contributed by atoms with E-state index in [1.165, 1.54) is 0 Å². The first-order valence-electron chi connectivity index (χ1n) is 5.51. The maximum absolute atomic E-state index is 14.2. The zero-order valence-corrected chi connectivity index (χ0v) is 10.7. The smallest absolute Gasteiger partial charge is 0.236 e. The zero-order valence-electron chi connectivity index (χ0n) is 9.66. The molecule has 0 saturated carbocycles. The van der Waals surface area contributed by atoms with Gasteiger partial charge < -0.3 is 0 Å².